The molecule has 24 heavy (non-hydrogen) atoms. The van der Waals surface area contributed by atoms with Crippen LogP contribution in [-0.4, -0.2) is 56.3 Å². The van der Waals surface area contributed by atoms with Crippen molar-refractivity contribution in [1.29, 1.82) is 0 Å². The summed E-state index contributed by atoms with van der Waals surface area (Å²) in [5.74, 6) is 0.840. The molecule has 1 saturated heterocycles. The largest absolute Gasteiger partial charge is 0.379 e. The Balaban J connectivity index is 0.00000288. The third-order valence-electron chi connectivity index (χ3n) is 3.89. The number of hydrogen-bond donors (Lipinski definition) is 2. The van der Waals surface area contributed by atoms with Gasteiger partial charge in [-0.3, -0.25) is 4.90 Å². The Kier molecular flexibility index (Phi) is 10.6. The maximum Gasteiger partial charge on any atom is 0.191 e. The first-order valence-corrected chi connectivity index (χ1v) is 8.65. The maximum atomic E-state index is 6.01. The van der Waals surface area contributed by atoms with Gasteiger partial charge in [0.25, 0.3) is 0 Å². The van der Waals surface area contributed by atoms with E-state index in [2.05, 4.69) is 34.4 Å². The quantitative estimate of drug-likeness (QED) is 0.385. The van der Waals surface area contributed by atoms with Crippen molar-refractivity contribution in [3.8, 4) is 0 Å². The lowest BCUT2D eigenvalue weighted by Gasteiger charge is -2.32. The molecular weight excluding hydrogens is 439 g/mol. The van der Waals surface area contributed by atoms with Gasteiger partial charge in [-0.2, -0.15) is 0 Å². The van der Waals surface area contributed by atoms with Gasteiger partial charge in [0.2, 0.25) is 0 Å². The van der Waals surface area contributed by atoms with Crippen molar-refractivity contribution >= 4 is 41.5 Å². The van der Waals surface area contributed by atoms with E-state index in [0.717, 1.165) is 55.9 Å². The minimum atomic E-state index is 0. The van der Waals surface area contributed by atoms with Crippen LogP contribution in [0.4, 0.5) is 0 Å². The third-order valence-corrected chi connectivity index (χ3v) is 4.12. The van der Waals surface area contributed by atoms with E-state index >= 15 is 0 Å². The van der Waals surface area contributed by atoms with Crippen LogP contribution in [-0.2, 0) is 11.3 Å². The molecule has 2 rings (SSSR count). The number of morpholine rings is 1. The molecule has 2 N–H and O–H groups in total. The molecular formula is C17H28ClIN4O. The number of nitrogens with one attached hydrogen (secondary N) is 2. The summed E-state index contributed by atoms with van der Waals surface area (Å²) in [6.45, 7) is 10.3. The van der Waals surface area contributed by atoms with Crippen LogP contribution in [0.5, 0.6) is 0 Å². The predicted octanol–water partition coefficient (Wildman–Crippen LogP) is 2.73. The molecule has 7 heteroatoms. The van der Waals surface area contributed by atoms with E-state index in [0.29, 0.717) is 12.6 Å². The second-order valence-electron chi connectivity index (χ2n) is 5.70. The first kappa shape index (κ1) is 21.5. The van der Waals surface area contributed by atoms with Crippen LogP contribution in [0.1, 0.15) is 19.4 Å². The molecule has 0 amide bonds. The summed E-state index contributed by atoms with van der Waals surface area (Å²) in [6.07, 6.45) is 0. The number of ether oxygens (including phenoxy) is 1. The molecule has 1 heterocycles. The maximum absolute atomic E-state index is 6.01. The molecule has 0 aromatic heterocycles. The summed E-state index contributed by atoms with van der Waals surface area (Å²) in [7, 11) is 0. The molecule has 1 fully saturated rings. The third kappa shape index (κ3) is 7.55. The Morgan fingerprint density at radius 1 is 1.33 bits per heavy atom. The van der Waals surface area contributed by atoms with E-state index in [9.17, 15) is 0 Å². The topological polar surface area (TPSA) is 48.9 Å². The molecule has 5 nitrogen and oxygen atoms in total. The Labute approximate surface area is 167 Å². The summed E-state index contributed by atoms with van der Waals surface area (Å²) in [6, 6.07) is 8.27. The smallest absolute Gasteiger partial charge is 0.191 e. The highest BCUT2D eigenvalue weighted by Crippen LogP contribution is 2.11. The van der Waals surface area contributed by atoms with Gasteiger partial charge >= 0.3 is 0 Å². The second kappa shape index (κ2) is 11.9. The molecule has 1 aliphatic rings. The normalized spacial score (nSPS) is 17.0. The molecule has 0 spiro atoms. The van der Waals surface area contributed by atoms with Crippen molar-refractivity contribution in [1.82, 2.24) is 15.5 Å². The fourth-order valence-corrected chi connectivity index (χ4v) is 2.75. The van der Waals surface area contributed by atoms with Crippen LogP contribution < -0.4 is 10.6 Å². The van der Waals surface area contributed by atoms with Crippen LogP contribution in [0.3, 0.4) is 0 Å². The van der Waals surface area contributed by atoms with Crippen LogP contribution in [0.25, 0.3) is 0 Å². The number of guanidine groups is 1. The zero-order valence-electron chi connectivity index (χ0n) is 14.4. The number of benzene rings is 1. The first-order valence-electron chi connectivity index (χ1n) is 8.27. The number of hydrogen-bond acceptors (Lipinski definition) is 3. The van der Waals surface area contributed by atoms with Crippen molar-refractivity contribution < 1.29 is 4.74 Å². The molecule has 0 bridgehead atoms. The Morgan fingerprint density at radius 2 is 2.08 bits per heavy atom. The van der Waals surface area contributed by atoms with E-state index in [1.54, 1.807) is 0 Å². The molecule has 1 unspecified atom stereocenters. The number of aliphatic imine (C=N–C) groups is 1. The molecule has 1 aromatic rings. The first-order chi connectivity index (χ1) is 11.2. The summed E-state index contributed by atoms with van der Waals surface area (Å²) >= 11 is 6.01. The van der Waals surface area contributed by atoms with Crippen LogP contribution in [0.2, 0.25) is 5.02 Å². The number of halogens is 2. The molecule has 1 atom stereocenters. The molecule has 0 radical (unpaired) electrons. The van der Waals surface area contributed by atoms with Crippen molar-refractivity contribution in [2.45, 2.75) is 26.4 Å². The predicted molar refractivity (Wildman–Crippen MR) is 112 cm³/mol. The molecule has 0 aliphatic carbocycles. The summed E-state index contributed by atoms with van der Waals surface area (Å²) in [5, 5.41) is 7.46. The minimum absolute atomic E-state index is 0. The van der Waals surface area contributed by atoms with Gasteiger partial charge in [-0.05, 0) is 31.5 Å². The van der Waals surface area contributed by atoms with Gasteiger partial charge in [0, 0.05) is 37.2 Å². The fourth-order valence-electron chi connectivity index (χ4n) is 2.54. The SMILES string of the molecule is CCNC(=NCc1cccc(Cl)c1)NCC(C)N1CCOCC1.I. The van der Waals surface area contributed by atoms with Gasteiger partial charge in [-0.1, -0.05) is 23.7 Å². The zero-order chi connectivity index (χ0) is 16.5. The summed E-state index contributed by atoms with van der Waals surface area (Å²) in [5.41, 5.74) is 1.11. The minimum Gasteiger partial charge on any atom is -0.379 e. The van der Waals surface area contributed by atoms with Crippen molar-refractivity contribution in [3.63, 3.8) is 0 Å². The van der Waals surface area contributed by atoms with E-state index < -0.39 is 0 Å². The van der Waals surface area contributed by atoms with Crippen molar-refractivity contribution in [2.75, 3.05) is 39.4 Å². The fraction of sp³-hybridized carbons (Fsp3) is 0.588. The van der Waals surface area contributed by atoms with Crippen molar-refractivity contribution in [3.05, 3.63) is 34.9 Å². The zero-order valence-corrected chi connectivity index (χ0v) is 17.5. The standard InChI is InChI=1S/C17H27ClN4O.HI/c1-3-19-17(21-13-15-5-4-6-16(18)11-15)20-12-14(2)22-7-9-23-10-8-22;/h4-6,11,14H,3,7-10,12-13H2,1-2H3,(H2,19,20,21);1H. The van der Waals surface area contributed by atoms with Gasteiger partial charge in [0.15, 0.2) is 5.96 Å². The van der Waals surface area contributed by atoms with Gasteiger partial charge < -0.3 is 15.4 Å². The van der Waals surface area contributed by atoms with E-state index in [4.69, 9.17) is 16.3 Å². The van der Waals surface area contributed by atoms with Crippen LogP contribution >= 0.6 is 35.6 Å². The van der Waals surface area contributed by atoms with Crippen LogP contribution in [0.15, 0.2) is 29.3 Å². The highest BCUT2D eigenvalue weighted by molar-refractivity contribution is 14.0. The average molecular weight is 467 g/mol. The van der Waals surface area contributed by atoms with E-state index in [-0.39, 0.29) is 24.0 Å². The number of rotatable bonds is 6. The lowest BCUT2D eigenvalue weighted by molar-refractivity contribution is 0.0211. The Morgan fingerprint density at radius 3 is 2.75 bits per heavy atom. The van der Waals surface area contributed by atoms with Gasteiger partial charge in [0.1, 0.15) is 0 Å². The van der Waals surface area contributed by atoms with E-state index in [1.807, 2.05) is 24.3 Å². The van der Waals surface area contributed by atoms with Gasteiger partial charge in [-0.15, -0.1) is 24.0 Å². The lowest BCUT2D eigenvalue weighted by Crippen LogP contribution is -2.49. The summed E-state index contributed by atoms with van der Waals surface area (Å²) in [4.78, 5) is 7.08. The number of nitrogens with zero attached hydrogens (tertiary/aromatic N) is 2. The lowest BCUT2D eigenvalue weighted by atomic mass is 10.2. The van der Waals surface area contributed by atoms with Gasteiger partial charge in [0.05, 0.1) is 19.8 Å². The average Bonchev–Trinajstić information content (AvgIpc) is 2.58. The van der Waals surface area contributed by atoms with Crippen molar-refractivity contribution in [2.24, 2.45) is 4.99 Å². The second-order valence-corrected chi connectivity index (χ2v) is 6.14. The highest BCUT2D eigenvalue weighted by atomic mass is 127. The Hall–Kier alpha value is -0.570. The monoisotopic (exact) mass is 466 g/mol. The molecule has 1 aromatic carbocycles. The van der Waals surface area contributed by atoms with Gasteiger partial charge in [-0.25, -0.2) is 4.99 Å². The summed E-state index contributed by atoms with van der Waals surface area (Å²) < 4.78 is 5.40. The highest BCUT2D eigenvalue weighted by Gasteiger charge is 2.16. The Bertz CT molecular complexity index is 509. The van der Waals surface area contributed by atoms with Crippen LogP contribution in [0, 0.1) is 0 Å². The van der Waals surface area contributed by atoms with E-state index in [1.165, 1.54) is 0 Å². The molecule has 1 aliphatic heterocycles. The molecule has 0 saturated carbocycles. The molecule has 136 valence electrons.